The van der Waals surface area contributed by atoms with Crippen molar-refractivity contribution >= 4 is 29.3 Å². The maximum Gasteiger partial charge on any atom is 0.269 e. The maximum absolute atomic E-state index is 13.2. The molecule has 0 unspecified atom stereocenters. The molecule has 0 bridgehead atoms. The number of carbonyl (C=O) groups excluding carboxylic acids is 1. The molecule has 4 rings (SSSR count). The normalized spacial score (nSPS) is 12.4. The Morgan fingerprint density at radius 3 is 2.66 bits per heavy atom. The topological polar surface area (TPSA) is 65.1 Å². The van der Waals surface area contributed by atoms with E-state index in [-0.39, 0.29) is 29.5 Å². The van der Waals surface area contributed by atoms with Crippen molar-refractivity contribution in [3.8, 4) is 0 Å². The van der Waals surface area contributed by atoms with E-state index in [2.05, 4.69) is 4.98 Å². The quantitative estimate of drug-likeness (QED) is 0.478. The van der Waals surface area contributed by atoms with Crippen LogP contribution in [0.5, 0.6) is 0 Å². The van der Waals surface area contributed by atoms with E-state index in [1.165, 1.54) is 40.4 Å². The summed E-state index contributed by atoms with van der Waals surface area (Å²) >= 11 is 1.19. The first-order valence-corrected chi connectivity index (χ1v) is 9.58. The summed E-state index contributed by atoms with van der Waals surface area (Å²) < 4.78 is 20.8. The summed E-state index contributed by atoms with van der Waals surface area (Å²) in [4.78, 5) is 29.7. The van der Waals surface area contributed by atoms with Crippen molar-refractivity contribution in [1.29, 1.82) is 0 Å². The first kappa shape index (κ1) is 18.8. The molecule has 144 valence electrons. The zero-order valence-electron chi connectivity index (χ0n) is 15.1. The highest BCUT2D eigenvalue weighted by Crippen LogP contribution is 2.05. The molecule has 0 aliphatic heterocycles. The number of pyridine rings is 1. The molecule has 0 atom stereocenters. The molecule has 0 amide bonds. The van der Waals surface area contributed by atoms with E-state index in [9.17, 15) is 14.0 Å². The number of aromatic nitrogens is 2. The monoisotopic (exact) mass is 406 g/mol. The Kier molecular flexibility index (Phi) is 5.31. The second-order valence-corrected chi connectivity index (χ2v) is 7.27. The molecular weight excluding hydrogens is 391 g/mol. The van der Waals surface area contributed by atoms with Gasteiger partial charge >= 0.3 is 0 Å². The van der Waals surface area contributed by atoms with Gasteiger partial charge in [0, 0.05) is 12.3 Å². The average molecular weight is 406 g/mol. The summed E-state index contributed by atoms with van der Waals surface area (Å²) in [5.41, 5.74) is 1.14. The lowest BCUT2D eigenvalue weighted by atomic mass is 10.2. The summed E-state index contributed by atoms with van der Waals surface area (Å²) in [5.74, 6) is -0.502. The number of nitrogens with zero attached hydrogens (tertiary/aromatic N) is 2. The Balaban J connectivity index is 1.84. The van der Waals surface area contributed by atoms with Crippen molar-refractivity contribution in [3.63, 3.8) is 0 Å². The van der Waals surface area contributed by atoms with Gasteiger partial charge in [0.25, 0.3) is 5.56 Å². The maximum atomic E-state index is 13.2. The number of furan rings is 1. The summed E-state index contributed by atoms with van der Waals surface area (Å²) in [6.45, 7) is 0.211. The molecule has 0 spiro atoms. The molecular formula is C22H15FN2O3S. The van der Waals surface area contributed by atoms with E-state index in [0.717, 1.165) is 5.56 Å². The Hall–Kier alpha value is -3.58. The molecule has 0 radical (unpaired) electrons. The predicted molar refractivity (Wildman–Crippen MR) is 109 cm³/mol. The summed E-state index contributed by atoms with van der Waals surface area (Å²) in [6.07, 6.45) is 6.12. The Morgan fingerprint density at radius 2 is 1.97 bits per heavy atom. The van der Waals surface area contributed by atoms with Crippen molar-refractivity contribution in [1.82, 2.24) is 9.55 Å². The SMILES string of the molecule is O=C(/C=c1\s/c(=C/c2ccccn2)c(=O)n1Cc1ccc(F)cc1)c1ccco1. The minimum Gasteiger partial charge on any atom is -0.461 e. The van der Waals surface area contributed by atoms with Gasteiger partial charge in [-0.15, -0.1) is 11.3 Å². The second-order valence-electron chi connectivity index (χ2n) is 6.21. The lowest BCUT2D eigenvalue weighted by molar-refractivity contribution is 0.103. The molecule has 3 aromatic heterocycles. The van der Waals surface area contributed by atoms with Gasteiger partial charge in [-0.25, -0.2) is 4.39 Å². The smallest absolute Gasteiger partial charge is 0.269 e. The predicted octanol–water partition coefficient (Wildman–Crippen LogP) is 2.58. The van der Waals surface area contributed by atoms with Crippen molar-refractivity contribution in [2.75, 3.05) is 0 Å². The third-order valence-electron chi connectivity index (χ3n) is 4.18. The average Bonchev–Trinajstić information content (AvgIpc) is 3.36. The minimum absolute atomic E-state index is 0.189. The van der Waals surface area contributed by atoms with Crippen LogP contribution in [0.2, 0.25) is 0 Å². The van der Waals surface area contributed by atoms with E-state index < -0.39 is 0 Å². The van der Waals surface area contributed by atoms with Gasteiger partial charge in [-0.3, -0.25) is 19.1 Å². The number of hydrogen-bond donors (Lipinski definition) is 0. The summed E-state index contributed by atoms with van der Waals surface area (Å²) in [6, 6.07) is 14.5. The summed E-state index contributed by atoms with van der Waals surface area (Å²) in [5, 5.41) is 0. The van der Waals surface area contributed by atoms with E-state index in [4.69, 9.17) is 4.42 Å². The van der Waals surface area contributed by atoms with Crippen LogP contribution < -0.4 is 14.8 Å². The Bertz CT molecular complexity index is 1310. The zero-order valence-corrected chi connectivity index (χ0v) is 15.9. The van der Waals surface area contributed by atoms with Crippen LogP contribution >= 0.6 is 11.3 Å². The van der Waals surface area contributed by atoms with Gasteiger partial charge in [-0.1, -0.05) is 18.2 Å². The Morgan fingerprint density at radius 1 is 1.14 bits per heavy atom. The molecule has 29 heavy (non-hydrogen) atoms. The molecule has 0 saturated heterocycles. The van der Waals surface area contributed by atoms with Crippen molar-refractivity contribution < 1.29 is 13.6 Å². The second kappa shape index (κ2) is 8.20. The van der Waals surface area contributed by atoms with Gasteiger partial charge in [-0.2, -0.15) is 0 Å². The van der Waals surface area contributed by atoms with Gasteiger partial charge in [0.15, 0.2) is 5.76 Å². The molecule has 4 aromatic rings. The van der Waals surface area contributed by atoms with Crippen LogP contribution in [0.3, 0.4) is 0 Å². The molecule has 0 fully saturated rings. The zero-order chi connectivity index (χ0) is 20.2. The van der Waals surface area contributed by atoms with Gasteiger partial charge < -0.3 is 4.42 Å². The van der Waals surface area contributed by atoms with Crippen LogP contribution in [-0.4, -0.2) is 15.3 Å². The van der Waals surface area contributed by atoms with Crippen LogP contribution in [-0.2, 0) is 6.54 Å². The fourth-order valence-corrected chi connectivity index (χ4v) is 3.79. The van der Waals surface area contributed by atoms with Crippen LogP contribution in [0.25, 0.3) is 12.2 Å². The largest absolute Gasteiger partial charge is 0.461 e. The molecule has 0 saturated carbocycles. The highest BCUT2D eigenvalue weighted by Gasteiger charge is 2.10. The van der Waals surface area contributed by atoms with E-state index >= 15 is 0 Å². The number of carbonyl (C=O) groups is 1. The number of thiazole rings is 1. The molecule has 3 heterocycles. The molecule has 0 N–H and O–H groups in total. The van der Waals surface area contributed by atoms with E-state index in [1.807, 2.05) is 6.07 Å². The van der Waals surface area contributed by atoms with Gasteiger partial charge in [0.05, 0.1) is 23.0 Å². The molecule has 7 heteroatoms. The molecule has 0 aliphatic rings. The van der Waals surface area contributed by atoms with Crippen molar-refractivity contribution in [2.45, 2.75) is 6.54 Å². The first-order chi connectivity index (χ1) is 14.1. The van der Waals surface area contributed by atoms with Gasteiger partial charge in [0.1, 0.15) is 10.5 Å². The van der Waals surface area contributed by atoms with E-state index in [1.54, 1.807) is 48.7 Å². The number of hydrogen-bond acceptors (Lipinski definition) is 5. The summed E-state index contributed by atoms with van der Waals surface area (Å²) in [7, 11) is 0. The van der Waals surface area contributed by atoms with Crippen LogP contribution in [0, 0.1) is 5.82 Å². The number of Topliss-reactive ketones (excluding diaryl/α,β-unsaturated/α-hetero) is 1. The lowest BCUT2D eigenvalue weighted by Crippen LogP contribution is -2.32. The third kappa shape index (κ3) is 4.30. The fourth-order valence-electron chi connectivity index (χ4n) is 2.76. The van der Waals surface area contributed by atoms with E-state index in [0.29, 0.717) is 14.9 Å². The number of halogens is 1. The standard InChI is InChI=1S/C22H15FN2O3S/c23-16-8-6-15(7-9-16)14-25-21(13-18(26)19-5-3-11-28-19)29-20(22(25)27)12-17-4-1-2-10-24-17/h1-13H,14H2/b20-12+,21-13-. The number of ketones is 1. The molecule has 5 nitrogen and oxygen atoms in total. The molecule has 1 aromatic carbocycles. The highest BCUT2D eigenvalue weighted by molar-refractivity contribution is 7.07. The molecule has 0 aliphatic carbocycles. The third-order valence-corrected chi connectivity index (χ3v) is 5.24. The number of benzene rings is 1. The van der Waals surface area contributed by atoms with Crippen LogP contribution in [0.1, 0.15) is 21.8 Å². The van der Waals surface area contributed by atoms with Crippen LogP contribution in [0.4, 0.5) is 4.39 Å². The van der Waals surface area contributed by atoms with Crippen molar-refractivity contribution in [3.05, 3.63) is 109 Å². The van der Waals surface area contributed by atoms with Gasteiger partial charge in [-0.05, 0) is 48.0 Å². The minimum atomic E-state index is -0.352. The fraction of sp³-hybridized carbons (Fsp3) is 0.0455. The van der Waals surface area contributed by atoms with Crippen LogP contribution in [0.15, 0.2) is 76.3 Å². The lowest BCUT2D eigenvalue weighted by Gasteiger charge is -2.02. The first-order valence-electron chi connectivity index (χ1n) is 8.76. The highest BCUT2D eigenvalue weighted by atomic mass is 32.1. The Labute approximate surface area is 168 Å². The van der Waals surface area contributed by atoms with Gasteiger partial charge in [0.2, 0.25) is 5.78 Å². The van der Waals surface area contributed by atoms with Crippen molar-refractivity contribution in [2.24, 2.45) is 0 Å². The number of rotatable bonds is 5.